The van der Waals surface area contributed by atoms with E-state index in [2.05, 4.69) is 41.4 Å². The molecule has 2 N–H and O–H groups in total. The van der Waals surface area contributed by atoms with Gasteiger partial charge in [-0.15, -0.1) is 11.3 Å². The van der Waals surface area contributed by atoms with Gasteiger partial charge in [0.05, 0.1) is 11.9 Å². The smallest absolute Gasteiger partial charge is 0.141 e. The highest BCUT2D eigenvalue weighted by Gasteiger charge is 2.13. The maximum Gasteiger partial charge on any atom is 0.141 e. The third-order valence-electron chi connectivity index (χ3n) is 3.75. The predicted octanol–water partition coefficient (Wildman–Crippen LogP) is 3.24. The summed E-state index contributed by atoms with van der Waals surface area (Å²) in [6, 6.07) is 7.64. The molecule has 2 aromatic heterocycles. The van der Waals surface area contributed by atoms with E-state index >= 15 is 0 Å². The van der Waals surface area contributed by atoms with Crippen molar-refractivity contribution in [3.8, 4) is 0 Å². The Bertz CT molecular complexity index is 527. The standard InChI is InChI=1S/C16H22FN3S/c1-12(10-14-4-3-9-21-14)20(2)8-7-15(18)16-6-5-13(17)11-19-16/h3-6,9,11-12,15H,7-8,10,18H2,1-2H3. The second-order valence-electron chi connectivity index (χ2n) is 5.41. The molecule has 2 unspecified atom stereocenters. The number of nitrogens with two attached hydrogens (primary N) is 1. The minimum absolute atomic E-state index is 0.151. The van der Waals surface area contributed by atoms with Crippen LogP contribution in [0, 0.1) is 5.82 Å². The van der Waals surface area contributed by atoms with E-state index in [-0.39, 0.29) is 11.9 Å². The lowest BCUT2D eigenvalue weighted by Crippen LogP contribution is -2.33. The van der Waals surface area contributed by atoms with Crippen LogP contribution in [0.3, 0.4) is 0 Å². The monoisotopic (exact) mass is 307 g/mol. The van der Waals surface area contributed by atoms with Gasteiger partial charge in [0.15, 0.2) is 0 Å². The first-order chi connectivity index (χ1) is 10.1. The molecule has 0 aliphatic carbocycles. The number of halogens is 1. The van der Waals surface area contributed by atoms with Gasteiger partial charge in [-0.25, -0.2) is 4.39 Å². The molecule has 0 saturated carbocycles. The van der Waals surface area contributed by atoms with E-state index in [1.807, 2.05) is 0 Å². The van der Waals surface area contributed by atoms with Crippen LogP contribution in [0.4, 0.5) is 4.39 Å². The van der Waals surface area contributed by atoms with Gasteiger partial charge in [0.1, 0.15) is 5.82 Å². The molecule has 21 heavy (non-hydrogen) atoms. The number of pyridine rings is 1. The van der Waals surface area contributed by atoms with Gasteiger partial charge in [-0.1, -0.05) is 6.07 Å². The minimum Gasteiger partial charge on any atom is -0.323 e. The Morgan fingerprint density at radius 3 is 2.81 bits per heavy atom. The summed E-state index contributed by atoms with van der Waals surface area (Å²) in [6.07, 6.45) is 3.08. The Kier molecular flexibility index (Phi) is 5.85. The fourth-order valence-electron chi connectivity index (χ4n) is 2.19. The normalized spacial score (nSPS) is 14.3. The van der Waals surface area contributed by atoms with E-state index < -0.39 is 0 Å². The second-order valence-corrected chi connectivity index (χ2v) is 6.44. The van der Waals surface area contributed by atoms with Crippen LogP contribution in [0.15, 0.2) is 35.8 Å². The summed E-state index contributed by atoms with van der Waals surface area (Å²) in [4.78, 5) is 7.76. The fraction of sp³-hybridized carbons (Fsp3) is 0.438. The Hall–Kier alpha value is -1.30. The number of aromatic nitrogens is 1. The van der Waals surface area contributed by atoms with Gasteiger partial charge in [-0.05, 0) is 56.9 Å². The maximum atomic E-state index is 12.8. The van der Waals surface area contributed by atoms with Crippen molar-refractivity contribution in [2.45, 2.75) is 31.8 Å². The number of thiophene rings is 1. The van der Waals surface area contributed by atoms with Crippen molar-refractivity contribution >= 4 is 11.3 Å². The molecule has 2 aromatic rings. The molecule has 0 spiro atoms. The summed E-state index contributed by atoms with van der Waals surface area (Å²) in [6.45, 7) is 3.12. The Morgan fingerprint density at radius 1 is 1.38 bits per heavy atom. The number of rotatable bonds is 7. The first-order valence-electron chi connectivity index (χ1n) is 7.16. The third kappa shape index (κ3) is 4.88. The highest BCUT2D eigenvalue weighted by molar-refractivity contribution is 7.09. The van der Waals surface area contributed by atoms with Crippen LogP contribution in [0.5, 0.6) is 0 Å². The topological polar surface area (TPSA) is 42.1 Å². The highest BCUT2D eigenvalue weighted by atomic mass is 32.1. The number of nitrogens with zero attached hydrogens (tertiary/aromatic N) is 2. The van der Waals surface area contributed by atoms with Crippen LogP contribution < -0.4 is 5.73 Å². The van der Waals surface area contributed by atoms with Crippen LogP contribution in [0.2, 0.25) is 0 Å². The second kappa shape index (κ2) is 7.64. The zero-order chi connectivity index (χ0) is 15.2. The van der Waals surface area contributed by atoms with Crippen molar-refractivity contribution in [2.24, 2.45) is 5.73 Å². The van der Waals surface area contributed by atoms with E-state index in [0.717, 1.165) is 25.1 Å². The summed E-state index contributed by atoms with van der Waals surface area (Å²) in [5.74, 6) is -0.326. The molecule has 0 bridgehead atoms. The molecule has 2 atom stereocenters. The molecule has 114 valence electrons. The summed E-state index contributed by atoms with van der Waals surface area (Å²) in [7, 11) is 2.11. The zero-order valence-electron chi connectivity index (χ0n) is 12.5. The first kappa shape index (κ1) is 16.1. The van der Waals surface area contributed by atoms with E-state index in [0.29, 0.717) is 6.04 Å². The lowest BCUT2D eigenvalue weighted by Gasteiger charge is -2.25. The number of hydrogen-bond acceptors (Lipinski definition) is 4. The summed E-state index contributed by atoms with van der Waals surface area (Å²) >= 11 is 1.79. The molecule has 0 fully saturated rings. The summed E-state index contributed by atoms with van der Waals surface area (Å²) in [5, 5.41) is 2.11. The molecule has 0 aromatic carbocycles. The van der Waals surface area contributed by atoms with Gasteiger partial charge in [-0.3, -0.25) is 4.98 Å². The van der Waals surface area contributed by atoms with Gasteiger partial charge in [-0.2, -0.15) is 0 Å². The molecule has 2 heterocycles. The molecule has 0 aliphatic heterocycles. The van der Waals surface area contributed by atoms with Crippen molar-refractivity contribution < 1.29 is 4.39 Å². The largest absolute Gasteiger partial charge is 0.323 e. The molecular formula is C16H22FN3S. The van der Waals surface area contributed by atoms with Crippen molar-refractivity contribution in [1.82, 2.24) is 9.88 Å². The number of hydrogen-bond donors (Lipinski definition) is 1. The van der Waals surface area contributed by atoms with Gasteiger partial charge in [0.25, 0.3) is 0 Å². The average Bonchev–Trinajstić information content (AvgIpc) is 2.98. The van der Waals surface area contributed by atoms with Crippen LogP contribution in [0.1, 0.15) is 30.0 Å². The molecule has 0 amide bonds. The zero-order valence-corrected chi connectivity index (χ0v) is 13.3. The van der Waals surface area contributed by atoms with Gasteiger partial charge in [0, 0.05) is 17.0 Å². The predicted molar refractivity (Wildman–Crippen MR) is 85.9 cm³/mol. The Labute approximate surface area is 129 Å². The summed E-state index contributed by atoms with van der Waals surface area (Å²) < 4.78 is 12.8. The van der Waals surface area contributed by atoms with E-state index in [1.165, 1.54) is 17.1 Å². The van der Waals surface area contributed by atoms with Crippen LogP contribution in [-0.4, -0.2) is 29.5 Å². The Morgan fingerprint density at radius 2 is 2.19 bits per heavy atom. The van der Waals surface area contributed by atoms with Crippen molar-refractivity contribution in [3.63, 3.8) is 0 Å². The van der Waals surface area contributed by atoms with E-state index in [4.69, 9.17) is 5.73 Å². The van der Waals surface area contributed by atoms with Crippen molar-refractivity contribution in [1.29, 1.82) is 0 Å². The SMILES string of the molecule is CC(Cc1cccs1)N(C)CCC(N)c1ccc(F)cn1. The van der Waals surface area contributed by atoms with E-state index in [1.54, 1.807) is 17.4 Å². The van der Waals surface area contributed by atoms with Crippen LogP contribution >= 0.6 is 11.3 Å². The quantitative estimate of drug-likeness (QED) is 0.854. The lowest BCUT2D eigenvalue weighted by molar-refractivity contribution is 0.247. The van der Waals surface area contributed by atoms with Crippen molar-refractivity contribution in [3.05, 3.63) is 52.2 Å². The van der Waals surface area contributed by atoms with Gasteiger partial charge >= 0.3 is 0 Å². The highest BCUT2D eigenvalue weighted by Crippen LogP contribution is 2.16. The molecule has 0 aliphatic rings. The molecular weight excluding hydrogens is 285 g/mol. The van der Waals surface area contributed by atoms with Gasteiger partial charge < -0.3 is 10.6 Å². The van der Waals surface area contributed by atoms with Gasteiger partial charge in [0.2, 0.25) is 0 Å². The fourth-order valence-corrected chi connectivity index (χ4v) is 3.02. The van der Waals surface area contributed by atoms with E-state index in [9.17, 15) is 4.39 Å². The first-order valence-corrected chi connectivity index (χ1v) is 8.04. The van der Waals surface area contributed by atoms with Crippen molar-refractivity contribution in [2.75, 3.05) is 13.6 Å². The number of likely N-dealkylation sites (N-methyl/N-ethyl adjacent to an activating group) is 1. The Balaban J connectivity index is 1.79. The minimum atomic E-state index is -0.326. The lowest BCUT2D eigenvalue weighted by atomic mass is 10.1. The van der Waals surface area contributed by atoms with Crippen LogP contribution in [0.25, 0.3) is 0 Å². The molecule has 0 saturated heterocycles. The molecule has 5 heteroatoms. The molecule has 2 rings (SSSR count). The maximum absolute atomic E-state index is 12.8. The van der Waals surface area contributed by atoms with Crippen LogP contribution in [-0.2, 0) is 6.42 Å². The summed E-state index contributed by atoms with van der Waals surface area (Å²) in [5.41, 5.74) is 6.87. The average molecular weight is 307 g/mol. The third-order valence-corrected chi connectivity index (χ3v) is 4.65. The molecule has 3 nitrogen and oxygen atoms in total. The molecule has 0 radical (unpaired) electrons.